The fraction of sp³-hybridized carbons (Fsp3) is 0. The fourth-order valence-corrected chi connectivity index (χ4v) is 1.55. The Kier molecular flexibility index (Phi) is 3.74. The predicted octanol–water partition coefficient (Wildman–Crippen LogP) is 3.30. The van der Waals surface area contributed by atoms with Crippen molar-refractivity contribution < 1.29 is 9.13 Å². The van der Waals surface area contributed by atoms with Crippen LogP contribution in [0, 0.1) is 5.82 Å². The molecule has 0 spiro atoms. The molecule has 3 nitrogen and oxygen atoms in total. The van der Waals surface area contributed by atoms with Gasteiger partial charge in [-0.2, -0.15) is 0 Å². The van der Waals surface area contributed by atoms with E-state index in [2.05, 4.69) is 4.98 Å². The standard InChI is InChI=1S/C12H8ClFN2OS/c13-8-6-7(4-5-9(8)14)17-11-3-1-2-10(16-11)12(15)18/h1-6H,(H2,15,18). The van der Waals surface area contributed by atoms with Crippen LogP contribution in [0.1, 0.15) is 5.69 Å². The molecule has 0 aliphatic rings. The molecule has 2 N–H and O–H groups in total. The molecule has 0 atom stereocenters. The molecule has 0 saturated carbocycles. The molecule has 0 bridgehead atoms. The highest BCUT2D eigenvalue weighted by Crippen LogP contribution is 2.25. The SMILES string of the molecule is NC(=S)c1cccc(Oc2ccc(F)c(Cl)c2)n1. The summed E-state index contributed by atoms with van der Waals surface area (Å²) in [6.07, 6.45) is 0. The van der Waals surface area contributed by atoms with Gasteiger partial charge in [-0.25, -0.2) is 9.37 Å². The second-order valence-corrected chi connectivity index (χ2v) is 4.25. The van der Waals surface area contributed by atoms with Gasteiger partial charge in [0, 0.05) is 12.1 Å². The number of pyridine rings is 1. The van der Waals surface area contributed by atoms with Gasteiger partial charge in [0.25, 0.3) is 0 Å². The first-order valence-corrected chi connectivity index (χ1v) is 5.74. The number of aromatic nitrogens is 1. The molecular formula is C12H8ClFN2OS. The number of nitrogens with zero attached hydrogens (tertiary/aromatic N) is 1. The molecule has 0 radical (unpaired) electrons. The molecule has 1 heterocycles. The Morgan fingerprint density at radius 2 is 2.11 bits per heavy atom. The highest BCUT2D eigenvalue weighted by Gasteiger charge is 2.05. The minimum Gasteiger partial charge on any atom is -0.439 e. The Morgan fingerprint density at radius 1 is 1.33 bits per heavy atom. The third-order valence-electron chi connectivity index (χ3n) is 2.09. The van der Waals surface area contributed by atoms with Crippen molar-refractivity contribution in [2.24, 2.45) is 5.73 Å². The number of nitrogens with two attached hydrogens (primary N) is 1. The molecule has 6 heteroatoms. The minimum absolute atomic E-state index is 0.0157. The van der Waals surface area contributed by atoms with Crippen molar-refractivity contribution in [3.63, 3.8) is 0 Å². The normalized spacial score (nSPS) is 10.1. The van der Waals surface area contributed by atoms with Gasteiger partial charge in [0.05, 0.1) is 5.02 Å². The number of hydrogen-bond acceptors (Lipinski definition) is 3. The lowest BCUT2D eigenvalue weighted by Crippen LogP contribution is -2.11. The maximum Gasteiger partial charge on any atom is 0.219 e. The van der Waals surface area contributed by atoms with E-state index in [1.165, 1.54) is 18.2 Å². The van der Waals surface area contributed by atoms with Crippen LogP contribution in [-0.4, -0.2) is 9.97 Å². The van der Waals surface area contributed by atoms with E-state index in [9.17, 15) is 4.39 Å². The number of thiocarbonyl (C=S) groups is 1. The summed E-state index contributed by atoms with van der Waals surface area (Å²) in [6.45, 7) is 0. The summed E-state index contributed by atoms with van der Waals surface area (Å²) in [5.41, 5.74) is 5.92. The van der Waals surface area contributed by atoms with Crippen LogP contribution < -0.4 is 10.5 Å². The van der Waals surface area contributed by atoms with Crippen molar-refractivity contribution in [2.75, 3.05) is 0 Å². The second-order valence-electron chi connectivity index (χ2n) is 3.40. The van der Waals surface area contributed by atoms with Crippen molar-refractivity contribution in [3.05, 3.63) is 52.9 Å². The van der Waals surface area contributed by atoms with Gasteiger partial charge in [-0.05, 0) is 18.2 Å². The minimum atomic E-state index is -0.506. The zero-order valence-corrected chi connectivity index (χ0v) is 10.6. The summed E-state index contributed by atoms with van der Waals surface area (Å²) >= 11 is 10.5. The lowest BCUT2D eigenvalue weighted by Gasteiger charge is -2.06. The zero-order valence-electron chi connectivity index (χ0n) is 9.06. The van der Waals surface area contributed by atoms with Crippen molar-refractivity contribution in [3.8, 4) is 11.6 Å². The molecule has 0 saturated heterocycles. The van der Waals surface area contributed by atoms with E-state index in [-0.39, 0.29) is 10.0 Å². The summed E-state index contributed by atoms with van der Waals surface area (Å²) in [7, 11) is 0. The van der Waals surface area contributed by atoms with Crippen LogP contribution in [0.3, 0.4) is 0 Å². The highest BCUT2D eigenvalue weighted by atomic mass is 35.5. The third-order valence-corrected chi connectivity index (χ3v) is 2.59. The summed E-state index contributed by atoms with van der Waals surface area (Å²) < 4.78 is 18.4. The lowest BCUT2D eigenvalue weighted by molar-refractivity contribution is 0.461. The molecule has 18 heavy (non-hydrogen) atoms. The van der Waals surface area contributed by atoms with Crippen molar-refractivity contribution in [1.82, 2.24) is 4.98 Å². The summed E-state index contributed by atoms with van der Waals surface area (Å²) in [5.74, 6) is 0.186. The number of rotatable bonds is 3. The Hall–Kier alpha value is -1.72. The molecule has 0 aliphatic carbocycles. The van der Waals surface area contributed by atoms with Crippen LogP contribution in [-0.2, 0) is 0 Å². The number of benzene rings is 1. The van der Waals surface area contributed by atoms with E-state index in [1.807, 2.05) is 0 Å². The first-order valence-electron chi connectivity index (χ1n) is 4.96. The van der Waals surface area contributed by atoms with Crippen molar-refractivity contribution in [1.29, 1.82) is 0 Å². The molecule has 1 aromatic heterocycles. The van der Waals surface area contributed by atoms with E-state index in [0.717, 1.165) is 0 Å². The van der Waals surface area contributed by atoms with E-state index in [0.29, 0.717) is 17.3 Å². The van der Waals surface area contributed by atoms with E-state index in [4.69, 9.17) is 34.3 Å². The molecule has 0 fully saturated rings. The van der Waals surface area contributed by atoms with Crippen LogP contribution >= 0.6 is 23.8 Å². The predicted molar refractivity (Wildman–Crippen MR) is 71.6 cm³/mol. The third kappa shape index (κ3) is 2.94. The topological polar surface area (TPSA) is 48.1 Å². The smallest absolute Gasteiger partial charge is 0.219 e. The molecule has 0 unspecified atom stereocenters. The van der Waals surface area contributed by atoms with Crippen LogP contribution in [0.5, 0.6) is 11.6 Å². The summed E-state index contributed by atoms with van der Waals surface area (Å²) in [5, 5.41) is -0.0157. The summed E-state index contributed by atoms with van der Waals surface area (Å²) in [4.78, 5) is 4.27. The largest absolute Gasteiger partial charge is 0.439 e. The molecule has 2 rings (SSSR count). The molecule has 2 aromatic rings. The molecule has 0 amide bonds. The van der Waals surface area contributed by atoms with Gasteiger partial charge < -0.3 is 10.5 Å². The van der Waals surface area contributed by atoms with Crippen molar-refractivity contribution >= 4 is 28.8 Å². The average molecular weight is 283 g/mol. The Bertz CT molecular complexity index is 606. The van der Waals surface area contributed by atoms with E-state index >= 15 is 0 Å². The van der Waals surface area contributed by atoms with Crippen LogP contribution in [0.2, 0.25) is 5.02 Å². The first-order chi connectivity index (χ1) is 8.56. The number of halogens is 2. The van der Waals surface area contributed by atoms with E-state index < -0.39 is 5.82 Å². The first kappa shape index (κ1) is 12.7. The van der Waals surface area contributed by atoms with Gasteiger partial charge in [-0.1, -0.05) is 29.9 Å². The zero-order chi connectivity index (χ0) is 13.1. The van der Waals surface area contributed by atoms with Crippen LogP contribution in [0.4, 0.5) is 4.39 Å². The van der Waals surface area contributed by atoms with Gasteiger partial charge in [-0.15, -0.1) is 0 Å². The number of ether oxygens (including phenoxy) is 1. The van der Waals surface area contributed by atoms with Gasteiger partial charge in [0.15, 0.2) is 0 Å². The molecule has 0 aliphatic heterocycles. The maximum absolute atomic E-state index is 13.0. The van der Waals surface area contributed by atoms with Crippen molar-refractivity contribution in [2.45, 2.75) is 0 Å². The van der Waals surface area contributed by atoms with Gasteiger partial charge in [0.1, 0.15) is 22.2 Å². The Morgan fingerprint density at radius 3 is 2.78 bits per heavy atom. The van der Waals surface area contributed by atoms with E-state index in [1.54, 1.807) is 18.2 Å². The lowest BCUT2D eigenvalue weighted by atomic mass is 10.3. The number of hydrogen-bond donors (Lipinski definition) is 1. The van der Waals surface area contributed by atoms with Gasteiger partial charge in [-0.3, -0.25) is 0 Å². The summed E-state index contributed by atoms with van der Waals surface area (Å²) in [6, 6.07) is 9.06. The average Bonchev–Trinajstić information content (AvgIpc) is 2.34. The molecule has 1 aromatic carbocycles. The highest BCUT2D eigenvalue weighted by molar-refractivity contribution is 7.80. The Balaban J connectivity index is 2.25. The Labute approximate surface area is 113 Å². The van der Waals surface area contributed by atoms with Crippen LogP contribution in [0.25, 0.3) is 0 Å². The fourth-order valence-electron chi connectivity index (χ4n) is 1.27. The monoisotopic (exact) mass is 282 g/mol. The van der Waals surface area contributed by atoms with Gasteiger partial charge >= 0.3 is 0 Å². The quantitative estimate of drug-likeness (QED) is 0.878. The maximum atomic E-state index is 13.0. The van der Waals surface area contributed by atoms with Gasteiger partial charge in [0.2, 0.25) is 5.88 Å². The second kappa shape index (κ2) is 5.29. The molecular weight excluding hydrogens is 275 g/mol. The molecule has 92 valence electrons. The van der Waals surface area contributed by atoms with Crippen LogP contribution in [0.15, 0.2) is 36.4 Å².